The number of hydrogen-bond donors (Lipinski definition) is 1. The molecule has 3 nitrogen and oxygen atoms in total. The molecule has 0 saturated heterocycles. The highest BCUT2D eigenvalue weighted by Gasteiger charge is 2.31. The molecule has 1 saturated carbocycles. The van der Waals surface area contributed by atoms with Gasteiger partial charge in [-0.05, 0) is 38.5 Å². The van der Waals surface area contributed by atoms with Gasteiger partial charge < -0.3 is 5.32 Å². The Morgan fingerprint density at radius 3 is 2.44 bits per heavy atom. The topological polar surface area (TPSA) is 29.9 Å². The van der Waals surface area contributed by atoms with E-state index < -0.39 is 0 Å². The maximum atomic E-state index is 4.48. The van der Waals surface area contributed by atoms with Crippen molar-refractivity contribution in [2.24, 2.45) is 12.5 Å². The molecule has 1 fully saturated rings. The molecule has 1 aromatic rings. The van der Waals surface area contributed by atoms with E-state index in [1.54, 1.807) is 0 Å². The first-order chi connectivity index (χ1) is 8.58. The van der Waals surface area contributed by atoms with Crippen molar-refractivity contribution in [3.8, 4) is 0 Å². The first kappa shape index (κ1) is 13.6. The van der Waals surface area contributed by atoms with Gasteiger partial charge in [-0.2, -0.15) is 5.10 Å². The van der Waals surface area contributed by atoms with Crippen molar-refractivity contribution < 1.29 is 0 Å². The van der Waals surface area contributed by atoms with Crippen LogP contribution in [0.1, 0.15) is 56.0 Å². The van der Waals surface area contributed by atoms with E-state index in [9.17, 15) is 0 Å². The predicted octanol–water partition coefficient (Wildman–Crippen LogP) is 3.10. The van der Waals surface area contributed by atoms with Gasteiger partial charge in [0.1, 0.15) is 0 Å². The second kappa shape index (κ2) is 5.43. The van der Waals surface area contributed by atoms with Gasteiger partial charge in [0.25, 0.3) is 0 Å². The van der Waals surface area contributed by atoms with Gasteiger partial charge in [0.15, 0.2) is 0 Å². The van der Waals surface area contributed by atoms with E-state index in [2.05, 4.69) is 31.2 Å². The van der Waals surface area contributed by atoms with E-state index in [4.69, 9.17) is 0 Å². The van der Waals surface area contributed by atoms with Crippen LogP contribution in [-0.4, -0.2) is 16.3 Å². The summed E-state index contributed by atoms with van der Waals surface area (Å²) in [5, 5.41) is 8.15. The van der Waals surface area contributed by atoms with Crippen molar-refractivity contribution >= 4 is 0 Å². The normalized spacial score (nSPS) is 18.4. The fraction of sp³-hybridized carbons (Fsp3) is 0.800. The summed E-state index contributed by atoms with van der Waals surface area (Å²) in [5.74, 6) is 0. The SMILES string of the molecule is CCC1(CNCc2c(C)nn(C)c2C)CCCC1. The first-order valence-corrected chi connectivity index (χ1v) is 7.28. The van der Waals surface area contributed by atoms with Crippen LogP contribution in [0.25, 0.3) is 0 Å². The van der Waals surface area contributed by atoms with Crippen LogP contribution < -0.4 is 5.32 Å². The van der Waals surface area contributed by atoms with Crippen LogP contribution in [0.15, 0.2) is 0 Å². The van der Waals surface area contributed by atoms with Crippen LogP contribution in [0.4, 0.5) is 0 Å². The lowest BCUT2D eigenvalue weighted by molar-refractivity contribution is 0.268. The molecular weight excluding hydrogens is 222 g/mol. The molecule has 1 aliphatic rings. The summed E-state index contributed by atoms with van der Waals surface area (Å²) in [6.07, 6.45) is 6.95. The molecular formula is C15H27N3. The Balaban J connectivity index is 1.92. The number of aromatic nitrogens is 2. The van der Waals surface area contributed by atoms with Crippen LogP contribution in [0.2, 0.25) is 0 Å². The van der Waals surface area contributed by atoms with Crippen molar-refractivity contribution in [1.82, 2.24) is 15.1 Å². The van der Waals surface area contributed by atoms with E-state index in [1.165, 1.54) is 49.1 Å². The summed E-state index contributed by atoms with van der Waals surface area (Å²) in [5.41, 5.74) is 4.41. The molecule has 0 bridgehead atoms. The Kier molecular flexibility index (Phi) is 4.10. The van der Waals surface area contributed by atoms with Gasteiger partial charge in [-0.25, -0.2) is 0 Å². The first-order valence-electron chi connectivity index (χ1n) is 7.28. The fourth-order valence-corrected chi connectivity index (χ4v) is 3.31. The van der Waals surface area contributed by atoms with Crippen LogP contribution in [0.5, 0.6) is 0 Å². The quantitative estimate of drug-likeness (QED) is 0.869. The highest BCUT2D eigenvalue weighted by Crippen LogP contribution is 2.40. The number of nitrogens with one attached hydrogen (secondary N) is 1. The highest BCUT2D eigenvalue weighted by molar-refractivity contribution is 5.24. The lowest BCUT2D eigenvalue weighted by atomic mass is 9.83. The third-order valence-corrected chi connectivity index (χ3v) is 4.87. The molecule has 1 N–H and O–H groups in total. The summed E-state index contributed by atoms with van der Waals surface area (Å²) in [7, 11) is 2.02. The Bertz CT molecular complexity index is 400. The molecule has 1 heterocycles. The van der Waals surface area contributed by atoms with E-state index >= 15 is 0 Å². The number of aryl methyl sites for hydroxylation is 2. The lowest BCUT2D eigenvalue weighted by Crippen LogP contribution is -2.31. The van der Waals surface area contributed by atoms with Gasteiger partial charge in [-0.1, -0.05) is 19.8 Å². The molecule has 2 rings (SSSR count). The average molecular weight is 249 g/mol. The Morgan fingerprint density at radius 1 is 1.28 bits per heavy atom. The number of rotatable bonds is 5. The van der Waals surface area contributed by atoms with Crippen molar-refractivity contribution in [3.63, 3.8) is 0 Å². The fourth-order valence-electron chi connectivity index (χ4n) is 3.31. The Labute approximate surface area is 111 Å². The zero-order valence-corrected chi connectivity index (χ0v) is 12.3. The third kappa shape index (κ3) is 2.61. The van der Waals surface area contributed by atoms with Gasteiger partial charge in [-0.3, -0.25) is 4.68 Å². The van der Waals surface area contributed by atoms with Gasteiger partial charge >= 0.3 is 0 Å². The molecule has 102 valence electrons. The Morgan fingerprint density at radius 2 is 1.94 bits per heavy atom. The van der Waals surface area contributed by atoms with Crippen molar-refractivity contribution in [2.45, 2.75) is 59.4 Å². The van der Waals surface area contributed by atoms with Gasteiger partial charge in [0, 0.05) is 31.4 Å². The van der Waals surface area contributed by atoms with Crippen molar-refractivity contribution in [3.05, 3.63) is 17.0 Å². The smallest absolute Gasteiger partial charge is 0.0641 e. The van der Waals surface area contributed by atoms with E-state index in [-0.39, 0.29) is 0 Å². The summed E-state index contributed by atoms with van der Waals surface area (Å²) >= 11 is 0. The lowest BCUT2D eigenvalue weighted by Gasteiger charge is -2.27. The summed E-state index contributed by atoms with van der Waals surface area (Å²) in [4.78, 5) is 0. The molecule has 0 unspecified atom stereocenters. The molecule has 0 spiro atoms. The largest absolute Gasteiger partial charge is 0.312 e. The molecule has 0 aromatic carbocycles. The maximum Gasteiger partial charge on any atom is 0.0641 e. The molecule has 0 amide bonds. The average Bonchev–Trinajstić information content (AvgIpc) is 2.91. The molecule has 0 atom stereocenters. The van der Waals surface area contributed by atoms with Crippen LogP contribution >= 0.6 is 0 Å². The van der Waals surface area contributed by atoms with Crippen LogP contribution in [-0.2, 0) is 13.6 Å². The minimum Gasteiger partial charge on any atom is -0.312 e. The minimum atomic E-state index is 0.573. The summed E-state index contributed by atoms with van der Waals surface area (Å²) in [6.45, 7) is 8.73. The molecule has 0 aliphatic heterocycles. The van der Waals surface area contributed by atoms with Crippen LogP contribution in [0.3, 0.4) is 0 Å². The maximum absolute atomic E-state index is 4.48. The third-order valence-electron chi connectivity index (χ3n) is 4.87. The van der Waals surface area contributed by atoms with Gasteiger partial charge in [0.05, 0.1) is 5.69 Å². The van der Waals surface area contributed by atoms with Gasteiger partial charge in [0.2, 0.25) is 0 Å². The minimum absolute atomic E-state index is 0.573. The zero-order valence-electron chi connectivity index (χ0n) is 12.3. The number of hydrogen-bond acceptors (Lipinski definition) is 2. The molecule has 1 aromatic heterocycles. The second-order valence-corrected chi connectivity index (χ2v) is 5.94. The van der Waals surface area contributed by atoms with E-state index in [1.807, 2.05) is 11.7 Å². The van der Waals surface area contributed by atoms with Crippen molar-refractivity contribution in [2.75, 3.05) is 6.54 Å². The molecule has 0 radical (unpaired) electrons. The zero-order chi connectivity index (χ0) is 13.2. The summed E-state index contributed by atoms with van der Waals surface area (Å²) < 4.78 is 1.98. The predicted molar refractivity (Wildman–Crippen MR) is 75.6 cm³/mol. The van der Waals surface area contributed by atoms with E-state index in [0.29, 0.717) is 5.41 Å². The van der Waals surface area contributed by atoms with Gasteiger partial charge in [-0.15, -0.1) is 0 Å². The monoisotopic (exact) mass is 249 g/mol. The molecule has 3 heteroatoms. The second-order valence-electron chi connectivity index (χ2n) is 5.94. The Hall–Kier alpha value is -0.830. The van der Waals surface area contributed by atoms with Crippen molar-refractivity contribution in [1.29, 1.82) is 0 Å². The van der Waals surface area contributed by atoms with Crippen LogP contribution in [0, 0.1) is 19.3 Å². The molecule has 18 heavy (non-hydrogen) atoms. The standard InChI is InChI=1S/C15H27N3/c1-5-15(8-6-7-9-15)11-16-10-14-12(2)17-18(4)13(14)3/h16H,5-11H2,1-4H3. The highest BCUT2D eigenvalue weighted by atomic mass is 15.3. The number of nitrogens with zero attached hydrogens (tertiary/aromatic N) is 2. The summed E-state index contributed by atoms with van der Waals surface area (Å²) in [6, 6.07) is 0. The van der Waals surface area contributed by atoms with E-state index in [0.717, 1.165) is 13.1 Å². The molecule has 1 aliphatic carbocycles.